The van der Waals surface area contributed by atoms with Crippen molar-refractivity contribution in [1.29, 1.82) is 0 Å². The Morgan fingerprint density at radius 1 is 1.06 bits per heavy atom. The van der Waals surface area contributed by atoms with Crippen molar-refractivity contribution in [1.82, 2.24) is 0 Å². The summed E-state index contributed by atoms with van der Waals surface area (Å²) >= 11 is 0. The molecule has 0 aromatic heterocycles. The van der Waals surface area contributed by atoms with Crippen molar-refractivity contribution in [2.75, 3.05) is 28.1 Å². The Morgan fingerprint density at radius 2 is 1.72 bits per heavy atom. The number of esters is 1. The molecule has 0 radical (unpaired) electrons. The number of benzene rings is 2. The number of methoxy groups -OCH3 is 3. The molecule has 0 spiro atoms. The lowest BCUT2D eigenvalue weighted by molar-refractivity contribution is -0.151. The van der Waals surface area contributed by atoms with Crippen LogP contribution in [0.25, 0.3) is 0 Å². The Bertz CT molecular complexity index is 959. The van der Waals surface area contributed by atoms with Crippen LogP contribution in [0.5, 0.6) is 34.5 Å². The zero-order valence-electron chi connectivity index (χ0n) is 18.9. The fraction of sp³-hybridized carbons (Fsp3) is 0.375. The van der Waals surface area contributed by atoms with E-state index in [1.54, 1.807) is 39.4 Å². The maximum atomic E-state index is 11.9. The predicted octanol–water partition coefficient (Wildman–Crippen LogP) is 4.24. The van der Waals surface area contributed by atoms with E-state index in [1.807, 2.05) is 12.1 Å². The summed E-state index contributed by atoms with van der Waals surface area (Å²) in [5, 5.41) is 0. The SMILES string of the molecule is C=CCc1cc(OC)c(O[C@@H](C)[C@@H](OC(C)=O)c2cc(OC)c3c(c2)OCO3)c(OC)c1. The highest BCUT2D eigenvalue weighted by Gasteiger charge is 2.30. The van der Waals surface area contributed by atoms with E-state index in [9.17, 15) is 4.79 Å². The molecule has 0 aliphatic carbocycles. The van der Waals surface area contributed by atoms with Crippen LogP contribution < -0.4 is 28.4 Å². The van der Waals surface area contributed by atoms with E-state index in [2.05, 4.69) is 6.58 Å². The zero-order chi connectivity index (χ0) is 23.3. The summed E-state index contributed by atoms with van der Waals surface area (Å²) in [7, 11) is 4.63. The summed E-state index contributed by atoms with van der Waals surface area (Å²) in [6, 6.07) is 7.20. The summed E-state index contributed by atoms with van der Waals surface area (Å²) in [5.74, 6) is 2.43. The number of rotatable bonds is 10. The number of hydrogen-bond donors (Lipinski definition) is 0. The number of allylic oxidation sites excluding steroid dienone is 1. The van der Waals surface area contributed by atoms with Crippen LogP contribution in [-0.4, -0.2) is 40.2 Å². The van der Waals surface area contributed by atoms with E-state index < -0.39 is 18.2 Å². The topological polar surface area (TPSA) is 81.7 Å². The van der Waals surface area contributed by atoms with Gasteiger partial charge in [-0.15, -0.1) is 6.58 Å². The minimum absolute atomic E-state index is 0.0882. The average Bonchev–Trinajstić information content (AvgIpc) is 3.26. The van der Waals surface area contributed by atoms with Crippen LogP contribution in [0.3, 0.4) is 0 Å². The van der Waals surface area contributed by atoms with Crippen LogP contribution in [-0.2, 0) is 16.0 Å². The number of carbonyl (C=O) groups is 1. The van der Waals surface area contributed by atoms with Gasteiger partial charge in [0.2, 0.25) is 18.3 Å². The molecule has 3 rings (SSSR count). The average molecular weight is 444 g/mol. The molecule has 2 aromatic rings. The maximum absolute atomic E-state index is 11.9. The van der Waals surface area contributed by atoms with Crippen molar-refractivity contribution in [2.24, 2.45) is 0 Å². The van der Waals surface area contributed by atoms with Gasteiger partial charge in [-0.1, -0.05) is 6.08 Å². The smallest absolute Gasteiger partial charge is 0.303 e. The fourth-order valence-corrected chi connectivity index (χ4v) is 3.51. The predicted molar refractivity (Wildman–Crippen MR) is 117 cm³/mol. The summed E-state index contributed by atoms with van der Waals surface area (Å²) in [4.78, 5) is 11.9. The quantitative estimate of drug-likeness (QED) is 0.398. The van der Waals surface area contributed by atoms with E-state index >= 15 is 0 Å². The number of fused-ring (bicyclic) bond motifs is 1. The minimum atomic E-state index is -0.766. The summed E-state index contributed by atoms with van der Waals surface area (Å²) in [6.45, 7) is 6.99. The first-order valence-corrected chi connectivity index (χ1v) is 10.1. The van der Waals surface area contributed by atoms with Gasteiger partial charge in [0.05, 0.1) is 21.3 Å². The summed E-state index contributed by atoms with van der Waals surface area (Å²) in [6.07, 6.45) is 1.06. The van der Waals surface area contributed by atoms with Crippen molar-refractivity contribution in [3.05, 3.63) is 48.0 Å². The molecule has 0 N–H and O–H groups in total. The second-order valence-electron chi connectivity index (χ2n) is 7.13. The third kappa shape index (κ3) is 4.85. The van der Waals surface area contributed by atoms with Gasteiger partial charge >= 0.3 is 5.97 Å². The molecular weight excluding hydrogens is 416 g/mol. The fourth-order valence-electron chi connectivity index (χ4n) is 3.51. The normalized spacial score (nSPS) is 13.7. The van der Waals surface area contributed by atoms with E-state index in [4.69, 9.17) is 33.2 Å². The molecule has 2 aromatic carbocycles. The lowest BCUT2D eigenvalue weighted by Crippen LogP contribution is -2.26. The van der Waals surface area contributed by atoms with Gasteiger partial charge < -0.3 is 33.2 Å². The van der Waals surface area contributed by atoms with Crippen LogP contribution >= 0.6 is 0 Å². The molecule has 0 saturated carbocycles. The highest BCUT2D eigenvalue weighted by molar-refractivity contribution is 5.67. The van der Waals surface area contributed by atoms with Crippen LogP contribution in [0.4, 0.5) is 0 Å². The van der Waals surface area contributed by atoms with Crippen molar-refractivity contribution in [3.8, 4) is 34.5 Å². The van der Waals surface area contributed by atoms with Gasteiger partial charge in [0.15, 0.2) is 29.1 Å². The van der Waals surface area contributed by atoms with Crippen LogP contribution in [0.15, 0.2) is 36.9 Å². The van der Waals surface area contributed by atoms with Gasteiger partial charge in [-0.3, -0.25) is 4.79 Å². The maximum Gasteiger partial charge on any atom is 0.303 e. The Kier molecular flexibility index (Phi) is 7.35. The molecular formula is C24H28O8. The summed E-state index contributed by atoms with van der Waals surface area (Å²) in [5.41, 5.74) is 1.60. The number of carbonyl (C=O) groups excluding carboxylic acids is 1. The van der Waals surface area contributed by atoms with Crippen molar-refractivity contribution >= 4 is 5.97 Å². The molecule has 8 nitrogen and oxygen atoms in total. The molecule has 32 heavy (non-hydrogen) atoms. The molecule has 0 unspecified atom stereocenters. The van der Waals surface area contributed by atoms with Gasteiger partial charge in [-0.2, -0.15) is 0 Å². The van der Waals surface area contributed by atoms with Gasteiger partial charge in [0.1, 0.15) is 6.10 Å². The molecule has 8 heteroatoms. The first kappa shape index (κ1) is 23.1. The minimum Gasteiger partial charge on any atom is -0.493 e. The van der Waals surface area contributed by atoms with E-state index in [0.29, 0.717) is 46.5 Å². The van der Waals surface area contributed by atoms with Crippen LogP contribution in [0.1, 0.15) is 31.1 Å². The second kappa shape index (κ2) is 10.2. The molecule has 0 saturated heterocycles. The number of ether oxygens (including phenoxy) is 7. The van der Waals surface area contributed by atoms with Gasteiger partial charge in [-0.25, -0.2) is 0 Å². The molecule has 172 valence electrons. The molecule has 1 heterocycles. The standard InChI is InChI=1S/C24H28O8/c1-7-8-16-9-18(26-4)24(19(10-16)27-5)31-14(2)22(32-15(3)25)17-11-20(28-6)23-21(12-17)29-13-30-23/h7,9-12,14,22H,1,8,13H2,2-6H3/t14-,22+/m0/s1. The van der Waals surface area contributed by atoms with E-state index in [1.165, 1.54) is 14.0 Å². The molecule has 0 amide bonds. The molecule has 2 atom stereocenters. The van der Waals surface area contributed by atoms with Crippen LogP contribution in [0.2, 0.25) is 0 Å². The zero-order valence-corrected chi connectivity index (χ0v) is 18.9. The summed E-state index contributed by atoms with van der Waals surface area (Å²) < 4.78 is 39.3. The first-order valence-electron chi connectivity index (χ1n) is 10.1. The van der Waals surface area contributed by atoms with Crippen LogP contribution in [0, 0.1) is 0 Å². The van der Waals surface area contributed by atoms with Crippen molar-refractivity contribution in [3.63, 3.8) is 0 Å². The van der Waals surface area contributed by atoms with Crippen molar-refractivity contribution in [2.45, 2.75) is 32.5 Å². The third-order valence-corrected chi connectivity index (χ3v) is 4.93. The van der Waals surface area contributed by atoms with Crippen molar-refractivity contribution < 1.29 is 38.0 Å². The lowest BCUT2D eigenvalue weighted by Gasteiger charge is -2.27. The highest BCUT2D eigenvalue weighted by Crippen LogP contribution is 2.45. The lowest BCUT2D eigenvalue weighted by atomic mass is 10.0. The van der Waals surface area contributed by atoms with E-state index in [-0.39, 0.29) is 6.79 Å². The van der Waals surface area contributed by atoms with Gasteiger partial charge in [-0.05, 0) is 43.2 Å². The highest BCUT2D eigenvalue weighted by atomic mass is 16.7. The first-order chi connectivity index (χ1) is 15.4. The third-order valence-electron chi connectivity index (χ3n) is 4.93. The molecule has 1 aliphatic heterocycles. The number of hydrogen-bond acceptors (Lipinski definition) is 8. The van der Waals surface area contributed by atoms with E-state index in [0.717, 1.165) is 5.56 Å². The molecule has 0 fully saturated rings. The monoisotopic (exact) mass is 444 g/mol. The Labute approximate surface area is 187 Å². The molecule has 1 aliphatic rings. The molecule has 0 bridgehead atoms. The Balaban J connectivity index is 1.99. The Hall–Kier alpha value is -3.55. The largest absolute Gasteiger partial charge is 0.493 e. The van der Waals surface area contributed by atoms with Gasteiger partial charge in [0.25, 0.3) is 0 Å². The Morgan fingerprint density at radius 3 is 2.28 bits per heavy atom. The van der Waals surface area contributed by atoms with Gasteiger partial charge in [0, 0.05) is 12.5 Å². The second-order valence-corrected chi connectivity index (χ2v) is 7.13.